The Morgan fingerprint density at radius 1 is 0.776 bits per heavy atom. The van der Waals surface area contributed by atoms with Crippen molar-refractivity contribution in [2.75, 3.05) is 33.0 Å². The van der Waals surface area contributed by atoms with Gasteiger partial charge in [-0.15, -0.1) is 0 Å². The summed E-state index contributed by atoms with van der Waals surface area (Å²) in [6.07, 6.45) is 12.7. The fourth-order valence-electron chi connectivity index (χ4n) is 7.90. The number of halogens is 1. The minimum atomic E-state index is -0.916. The highest BCUT2D eigenvalue weighted by molar-refractivity contribution is 5.87. The Morgan fingerprint density at radius 2 is 1.38 bits per heavy atom. The molecule has 0 aliphatic heterocycles. The van der Waals surface area contributed by atoms with Crippen molar-refractivity contribution >= 4 is 11.9 Å². The Balaban J connectivity index is 1.68. The molecule has 0 unspecified atom stereocenters. The van der Waals surface area contributed by atoms with Gasteiger partial charge in [0.05, 0.1) is 33.0 Å². The van der Waals surface area contributed by atoms with Crippen LogP contribution in [0.3, 0.4) is 0 Å². The molecular weight excluding hydrogens is 732 g/mol. The van der Waals surface area contributed by atoms with Crippen LogP contribution < -0.4 is 4.74 Å². The summed E-state index contributed by atoms with van der Waals surface area (Å²) in [6.45, 7) is 16.3. The van der Waals surface area contributed by atoms with Crippen LogP contribution in [0.2, 0.25) is 0 Å². The second-order valence-electron chi connectivity index (χ2n) is 16.7. The number of rotatable bonds is 23. The molecular formula is C50H67FO7. The molecule has 8 heteroatoms. The van der Waals surface area contributed by atoms with Crippen LogP contribution in [-0.2, 0) is 38.3 Å². The first-order valence-electron chi connectivity index (χ1n) is 21.4. The van der Waals surface area contributed by atoms with Crippen LogP contribution in [0, 0.1) is 17.2 Å². The molecule has 0 saturated heterocycles. The molecule has 1 aliphatic rings. The number of aliphatic hydroxyl groups excluding tert-OH is 2. The van der Waals surface area contributed by atoms with Gasteiger partial charge in [0.1, 0.15) is 11.6 Å². The Bertz CT molecular complexity index is 1830. The van der Waals surface area contributed by atoms with Crippen molar-refractivity contribution in [1.82, 2.24) is 0 Å². The molecule has 0 spiro atoms. The van der Waals surface area contributed by atoms with E-state index >= 15 is 4.39 Å². The Labute approximate surface area is 346 Å². The molecule has 58 heavy (non-hydrogen) atoms. The summed E-state index contributed by atoms with van der Waals surface area (Å²) in [5.41, 5.74) is 6.54. The summed E-state index contributed by atoms with van der Waals surface area (Å²) >= 11 is 0. The zero-order valence-corrected chi connectivity index (χ0v) is 35.7. The normalized spacial score (nSPS) is 15.5. The number of carbonyl (C=O) groups excluding carboxylic acids is 2. The molecule has 0 heterocycles. The molecule has 0 radical (unpaired) electrons. The molecule has 3 aromatic rings. The summed E-state index contributed by atoms with van der Waals surface area (Å²) < 4.78 is 33.9. The van der Waals surface area contributed by atoms with Crippen LogP contribution >= 0.6 is 0 Å². The maximum atomic E-state index is 16.5. The lowest BCUT2D eigenvalue weighted by molar-refractivity contribution is -0.139. The first kappa shape index (κ1) is 46.4. The maximum absolute atomic E-state index is 16.5. The van der Waals surface area contributed by atoms with Gasteiger partial charge in [0.15, 0.2) is 0 Å². The van der Waals surface area contributed by atoms with E-state index in [2.05, 4.69) is 44.3 Å². The first-order chi connectivity index (χ1) is 27.8. The van der Waals surface area contributed by atoms with E-state index in [-0.39, 0.29) is 38.9 Å². The van der Waals surface area contributed by atoms with E-state index in [9.17, 15) is 19.8 Å². The number of aliphatic hydroxyl groups is 2. The maximum Gasteiger partial charge on any atom is 0.333 e. The molecule has 7 nitrogen and oxygen atoms in total. The molecule has 1 fully saturated rings. The molecule has 316 valence electrons. The van der Waals surface area contributed by atoms with E-state index in [1.807, 2.05) is 25.1 Å². The van der Waals surface area contributed by atoms with Crippen molar-refractivity contribution in [3.8, 4) is 28.0 Å². The Morgan fingerprint density at radius 3 is 1.93 bits per heavy atom. The average molecular weight is 799 g/mol. The summed E-state index contributed by atoms with van der Waals surface area (Å²) in [6, 6.07) is 16.1. The van der Waals surface area contributed by atoms with Gasteiger partial charge in [-0.05, 0) is 135 Å². The molecule has 0 aromatic heterocycles. The monoisotopic (exact) mass is 798 g/mol. The molecule has 0 atom stereocenters. The van der Waals surface area contributed by atoms with Crippen LogP contribution in [0.15, 0.2) is 72.8 Å². The number of carbonyl (C=O) groups is 2. The summed E-state index contributed by atoms with van der Waals surface area (Å²) in [7, 11) is 0. The SMILES string of the molecule is C=C(C)C(=O)OCCCc1cc(-c2ccc(-c3ccc(C4CCC(CCCCC)CC4)cc3)cc2F)c(CC)c(CCCOC(=O)C(=C)C)c1OCC(C)(CO)CO. The second-order valence-corrected chi connectivity index (χ2v) is 16.7. The van der Waals surface area contributed by atoms with Crippen LogP contribution in [0.1, 0.15) is 127 Å². The highest BCUT2D eigenvalue weighted by Gasteiger charge is 2.27. The fourth-order valence-corrected chi connectivity index (χ4v) is 7.90. The number of unbranched alkanes of at least 4 members (excludes halogenated alkanes) is 2. The number of benzene rings is 3. The number of aryl methyl sites for hydroxylation is 1. The molecule has 1 aliphatic carbocycles. The van der Waals surface area contributed by atoms with Gasteiger partial charge in [0, 0.05) is 22.1 Å². The van der Waals surface area contributed by atoms with E-state index < -0.39 is 17.4 Å². The minimum absolute atomic E-state index is 0.0277. The van der Waals surface area contributed by atoms with Crippen molar-refractivity contribution in [3.05, 3.63) is 101 Å². The van der Waals surface area contributed by atoms with E-state index in [0.717, 1.165) is 39.3 Å². The van der Waals surface area contributed by atoms with E-state index in [1.54, 1.807) is 26.8 Å². The summed E-state index contributed by atoms with van der Waals surface area (Å²) in [5, 5.41) is 20.2. The van der Waals surface area contributed by atoms with Gasteiger partial charge >= 0.3 is 11.9 Å². The van der Waals surface area contributed by atoms with Crippen LogP contribution in [0.4, 0.5) is 4.39 Å². The predicted octanol–water partition coefficient (Wildman–Crippen LogP) is 11.0. The van der Waals surface area contributed by atoms with Gasteiger partial charge in [-0.3, -0.25) is 0 Å². The Hall–Kier alpha value is -4.27. The highest BCUT2D eigenvalue weighted by Crippen LogP contribution is 2.41. The third kappa shape index (κ3) is 12.9. The molecule has 2 N–H and O–H groups in total. The van der Waals surface area contributed by atoms with Crippen LogP contribution in [0.5, 0.6) is 5.75 Å². The number of hydrogen-bond acceptors (Lipinski definition) is 7. The van der Waals surface area contributed by atoms with E-state index in [1.165, 1.54) is 56.9 Å². The zero-order chi connectivity index (χ0) is 42.2. The van der Waals surface area contributed by atoms with Gasteiger partial charge in [-0.1, -0.05) is 96.0 Å². The Kier molecular flexibility index (Phi) is 18.2. The smallest absolute Gasteiger partial charge is 0.333 e. The highest BCUT2D eigenvalue weighted by atomic mass is 19.1. The topological polar surface area (TPSA) is 102 Å². The number of hydrogen-bond donors (Lipinski definition) is 2. The van der Waals surface area contributed by atoms with Crippen molar-refractivity contribution in [1.29, 1.82) is 0 Å². The summed E-state index contributed by atoms with van der Waals surface area (Å²) in [4.78, 5) is 24.3. The molecule has 4 rings (SSSR count). The largest absolute Gasteiger partial charge is 0.492 e. The molecule has 3 aromatic carbocycles. The summed E-state index contributed by atoms with van der Waals surface area (Å²) in [5.74, 6) is 0.733. The van der Waals surface area contributed by atoms with Crippen molar-refractivity contribution in [3.63, 3.8) is 0 Å². The molecule has 1 saturated carbocycles. The van der Waals surface area contributed by atoms with Gasteiger partial charge in [0.2, 0.25) is 0 Å². The van der Waals surface area contributed by atoms with Gasteiger partial charge in [-0.2, -0.15) is 0 Å². The second kappa shape index (κ2) is 22.8. The van der Waals surface area contributed by atoms with E-state index in [4.69, 9.17) is 14.2 Å². The van der Waals surface area contributed by atoms with Gasteiger partial charge in [0.25, 0.3) is 0 Å². The van der Waals surface area contributed by atoms with Crippen LogP contribution in [0.25, 0.3) is 22.3 Å². The number of esters is 2. The first-order valence-corrected chi connectivity index (χ1v) is 21.4. The van der Waals surface area contributed by atoms with E-state index in [0.29, 0.717) is 60.5 Å². The molecule has 0 amide bonds. The number of ether oxygens (including phenoxy) is 3. The third-order valence-electron chi connectivity index (χ3n) is 11.6. The molecule has 0 bridgehead atoms. The lowest BCUT2D eigenvalue weighted by Gasteiger charge is -2.29. The quantitative estimate of drug-likeness (QED) is 0.0559. The predicted molar refractivity (Wildman–Crippen MR) is 231 cm³/mol. The minimum Gasteiger partial charge on any atom is -0.492 e. The third-order valence-corrected chi connectivity index (χ3v) is 11.6. The van der Waals surface area contributed by atoms with Crippen molar-refractivity contribution < 1.29 is 38.4 Å². The zero-order valence-electron chi connectivity index (χ0n) is 35.7. The van der Waals surface area contributed by atoms with Crippen molar-refractivity contribution in [2.45, 2.75) is 124 Å². The lowest BCUT2D eigenvalue weighted by atomic mass is 9.77. The standard InChI is InChI=1S/C50H67FO7/c1-8-10-11-14-36-17-19-37(20-18-36)38-21-23-39(24-22-38)40-25-26-43(46(51)30-40)45-29-41(15-12-27-56-48(54)34(3)4)47(58-33-50(7,31-52)32-53)44(42(45)9-2)16-13-28-57-49(55)35(5)6/h21-26,29-30,36-37,52-53H,3,5,8-20,27-28,31-33H2,1-2,4,6-7H3. The average Bonchev–Trinajstić information content (AvgIpc) is 3.23. The van der Waals surface area contributed by atoms with Gasteiger partial charge in [-0.25, -0.2) is 14.0 Å². The van der Waals surface area contributed by atoms with Gasteiger partial charge < -0.3 is 24.4 Å². The fraction of sp³-hybridized carbons (Fsp3) is 0.520. The van der Waals surface area contributed by atoms with Crippen molar-refractivity contribution in [2.24, 2.45) is 11.3 Å². The van der Waals surface area contributed by atoms with Crippen LogP contribution in [-0.4, -0.2) is 55.2 Å². The lowest BCUT2D eigenvalue weighted by Crippen LogP contribution is -2.33.